The maximum absolute atomic E-state index is 12.3. The summed E-state index contributed by atoms with van der Waals surface area (Å²) in [6, 6.07) is 15.4. The van der Waals surface area contributed by atoms with Gasteiger partial charge in [-0.15, -0.1) is 11.3 Å². The molecule has 0 aliphatic carbocycles. The van der Waals surface area contributed by atoms with E-state index in [0.717, 1.165) is 22.0 Å². The molecule has 0 aliphatic heterocycles. The number of carbonyl (C=O) groups is 1. The van der Waals surface area contributed by atoms with Crippen molar-refractivity contribution in [3.63, 3.8) is 0 Å². The molecule has 1 heterocycles. The minimum absolute atomic E-state index is 0.115. The van der Waals surface area contributed by atoms with Crippen molar-refractivity contribution in [2.75, 3.05) is 6.61 Å². The fraction of sp³-hybridized carbons (Fsp3) is 0.273. The van der Waals surface area contributed by atoms with Crippen LogP contribution in [0.25, 0.3) is 10.6 Å². The third-order valence-electron chi connectivity index (χ3n) is 4.06. The number of aromatic nitrogens is 1. The number of amides is 1. The minimum Gasteiger partial charge on any atom is -0.493 e. The average molecular weight is 381 g/mol. The third kappa shape index (κ3) is 5.17. The fourth-order valence-corrected chi connectivity index (χ4v) is 3.47. The SMILES string of the molecule is Cc1ccccc1-c1nc(CNC(=O)c2ccc(OCC(C)C)cc2)cs1. The normalized spacial score (nSPS) is 10.8. The zero-order valence-corrected chi connectivity index (χ0v) is 16.7. The van der Waals surface area contributed by atoms with Gasteiger partial charge in [-0.05, 0) is 42.7 Å². The Balaban J connectivity index is 1.57. The Bertz CT molecular complexity index is 901. The summed E-state index contributed by atoms with van der Waals surface area (Å²) in [6.07, 6.45) is 0. The number of nitrogens with zero attached hydrogens (tertiary/aromatic N) is 1. The van der Waals surface area contributed by atoms with Gasteiger partial charge >= 0.3 is 0 Å². The smallest absolute Gasteiger partial charge is 0.251 e. The van der Waals surface area contributed by atoms with Crippen molar-refractivity contribution in [3.8, 4) is 16.3 Å². The molecule has 0 fully saturated rings. The standard InChI is InChI=1S/C22H24N2O2S/c1-15(2)13-26-19-10-8-17(9-11-19)21(25)23-12-18-14-27-22(24-18)20-7-5-4-6-16(20)3/h4-11,14-15H,12-13H2,1-3H3,(H,23,25). The zero-order valence-electron chi connectivity index (χ0n) is 15.9. The first-order valence-electron chi connectivity index (χ1n) is 9.04. The molecule has 27 heavy (non-hydrogen) atoms. The number of carbonyl (C=O) groups excluding carboxylic acids is 1. The Hall–Kier alpha value is -2.66. The summed E-state index contributed by atoms with van der Waals surface area (Å²) in [5, 5.41) is 5.90. The highest BCUT2D eigenvalue weighted by atomic mass is 32.1. The number of rotatable bonds is 7. The van der Waals surface area contributed by atoms with E-state index in [1.54, 1.807) is 23.5 Å². The van der Waals surface area contributed by atoms with Crippen molar-refractivity contribution in [3.05, 3.63) is 70.7 Å². The Morgan fingerprint density at radius 3 is 2.59 bits per heavy atom. The van der Waals surface area contributed by atoms with E-state index in [9.17, 15) is 4.79 Å². The molecule has 0 bridgehead atoms. The molecule has 0 saturated carbocycles. The highest BCUT2D eigenvalue weighted by Gasteiger charge is 2.10. The molecular weight excluding hydrogens is 356 g/mol. The molecule has 0 atom stereocenters. The lowest BCUT2D eigenvalue weighted by atomic mass is 10.1. The van der Waals surface area contributed by atoms with Crippen LogP contribution in [0.2, 0.25) is 0 Å². The second-order valence-electron chi connectivity index (χ2n) is 6.87. The molecule has 0 spiro atoms. The van der Waals surface area contributed by atoms with Gasteiger partial charge in [-0.2, -0.15) is 0 Å². The van der Waals surface area contributed by atoms with Crippen LogP contribution in [0.3, 0.4) is 0 Å². The molecule has 1 N–H and O–H groups in total. The molecule has 4 nitrogen and oxygen atoms in total. The third-order valence-corrected chi connectivity index (χ3v) is 4.98. The molecule has 1 amide bonds. The number of benzene rings is 2. The van der Waals surface area contributed by atoms with Gasteiger partial charge in [-0.1, -0.05) is 38.1 Å². The molecule has 3 aromatic rings. The van der Waals surface area contributed by atoms with Crippen LogP contribution in [0.4, 0.5) is 0 Å². The van der Waals surface area contributed by atoms with Gasteiger partial charge in [0.25, 0.3) is 5.91 Å². The van der Waals surface area contributed by atoms with Gasteiger partial charge in [0.1, 0.15) is 10.8 Å². The maximum Gasteiger partial charge on any atom is 0.251 e. The van der Waals surface area contributed by atoms with Crippen molar-refractivity contribution in [2.24, 2.45) is 5.92 Å². The first kappa shape index (κ1) is 19.1. The van der Waals surface area contributed by atoms with Crippen LogP contribution >= 0.6 is 11.3 Å². The lowest BCUT2D eigenvalue weighted by Crippen LogP contribution is -2.22. The van der Waals surface area contributed by atoms with Gasteiger partial charge in [0.15, 0.2) is 0 Å². The van der Waals surface area contributed by atoms with E-state index >= 15 is 0 Å². The number of aryl methyl sites for hydroxylation is 1. The zero-order chi connectivity index (χ0) is 19.2. The first-order chi connectivity index (χ1) is 13.0. The molecule has 0 aliphatic rings. The number of ether oxygens (including phenoxy) is 1. The monoisotopic (exact) mass is 380 g/mol. The molecule has 1 aromatic heterocycles. The molecular formula is C22H24N2O2S. The molecule has 0 radical (unpaired) electrons. The van der Waals surface area contributed by atoms with Crippen LogP contribution in [0, 0.1) is 12.8 Å². The second kappa shape index (κ2) is 8.82. The predicted molar refractivity (Wildman–Crippen MR) is 110 cm³/mol. The number of thiazole rings is 1. The lowest BCUT2D eigenvalue weighted by molar-refractivity contribution is 0.0950. The summed E-state index contributed by atoms with van der Waals surface area (Å²) in [6.45, 7) is 7.35. The fourth-order valence-electron chi connectivity index (χ4n) is 2.56. The van der Waals surface area contributed by atoms with Crippen molar-refractivity contribution in [1.29, 1.82) is 0 Å². The van der Waals surface area contributed by atoms with Gasteiger partial charge in [-0.3, -0.25) is 4.79 Å². The molecule has 3 rings (SSSR count). The van der Waals surface area contributed by atoms with Gasteiger partial charge < -0.3 is 10.1 Å². The van der Waals surface area contributed by atoms with Gasteiger partial charge in [0, 0.05) is 16.5 Å². The molecule has 140 valence electrons. The van der Waals surface area contributed by atoms with Crippen molar-refractivity contribution in [1.82, 2.24) is 10.3 Å². The Labute approximate surface area is 164 Å². The second-order valence-corrected chi connectivity index (χ2v) is 7.73. The minimum atomic E-state index is -0.115. The Kier molecular flexibility index (Phi) is 6.24. The van der Waals surface area contributed by atoms with Crippen LogP contribution in [0.1, 0.15) is 35.5 Å². The van der Waals surface area contributed by atoms with E-state index in [0.29, 0.717) is 24.6 Å². The largest absolute Gasteiger partial charge is 0.493 e. The van der Waals surface area contributed by atoms with Crippen molar-refractivity contribution in [2.45, 2.75) is 27.3 Å². The molecule has 5 heteroatoms. The van der Waals surface area contributed by atoms with Gasteiger partial charge in [0.05, 0.1) is 18.8 Å². The van der Waals surface area contributed by atoms with Crippen LogP contribution in [0.15, 0.2) is 53.9 Å². The number of hydrogen-bond donors (Lipinski definition) is 1. The van der Waals surface area contributed by atoms with Gasteiger partial charge in [0.2, 0.25) is 0 Å². The summed E-state index contributed by atoms with van der Waals surface area (Å²) >= 11 is 1.60. The highest BCUT2D eigenvalue weighted by molar-refractivity contribution is 7.13. The van der Waals surface area contributed by atoms with Crippen molar-refractivity contribution < 1.29 is 9.53 Å². The van der Waals surface area contributed by atoms with E-state index in [1.165, 1.54) is 5.56 Å². The Morgan fingerprint density at radius 1 is 1.15 bits per heavy atom. The number of nitrogens with one attached hydrogen (secondary N) is 1. The van der Waals surface area contributed by atoms with E-state index in [1.807, 2.05) is 29.6 Å². The van der Waals surface area contributed by atoms with Crippen molar-refractivity contribution >= 4 is 17.2 Å². The van der Waals surface area contributed by atoms with E-state index < -0.39 is 0 Å². The lowest BCUT2D eigenvalue weighted by Gasteiger charge is -2.09. The number of hydrogen-bond acceptors (Lipinski definition) is 4. The summed E-state index contributed by atoms with van der Waals surface area (Å²) in [5.41, 5.74) is 3.81. The van der Waals surface area contributed by atoms with Crippen LogP contribution < -0.4 is 10.1 Å². The quantitative estimate of drug-likeness (QED) is 0.622. The molecule has 0 unspecified atom stereocenters. The van der Waals surface area contributed by atoms with E-state index in [2.05, 4.69) is 43.2 Å². The van der Waals surface area contributed by atoms with Gasteiger partial charge in [-0.25, -0.2) is 4.98 Å². The van der Waals surface area contributed by atoms with E-state index in [-0.39, 0.29) is 5.91 Å². The summed E-state index contributed by atoms with van der Waals surface area (Å²) in [5.74, 6) is 1.13. The van der Waals surface area contributed by atoms with E-state index in [4.69, 9.17) is 4.74 Å². The summed E-state index contributed by atoms with van der Waals surface area (Å²) < 4.78 is 5.65. The Morgan fingerprint density at radius 2 is 1.89 bits per heavy atom. The maximum atomic E-state index is 12.3. The van der Waals surface area contributed by atoms with Crippen LogP contribution in [-0.4, -0.2) is 17.5 Å². The first-order valence-corrected chi connectivity index (χ1v) is 9.92. The average Bonchev–Trinajstić information content (AvgIpc) is 3.14. The molecule has 2 aromatic carbocycles. The summed E-state index contributed by atoms with van der Waals surface area (Å²) in [4.78, 5) is 17.0. The highest BCUT2D eigenvalue weighted by Crippen LogP contribution is 2.26. The predicted octanol–water partition coefficient (Wildman–Crippen LogP) is 5.08. The van der Waals surface area contributed by atoms with Crippen LogP contribution in [-0.2, 0) is 6.54 Å². The summed E-state index contributed by atoms with van der Waals surface area (Å²) in [7, 11) is 0. The topological polar surface area (TPSA) is 51.2 Å². The van der Waals surface area contributed by atoms with Crippen LogP contribution in [0.5, 0.6) is 5.75 Å². The molecule has 0 saturated heterocycles.